The first kappa shape index (κ1) is 20.8. The number of benzene rings is 2. The number of anilines is 1. The number of amides is 1. The number of halogens is 1. The van der Waals surface area contributed by atoms with E-state index in [1.54, 1.807) is 42.5 Å². The van der Waals surface area contributed by atoms with Gasteiger partial charge in [-0.25, -0.2) is 4.79 Å². The lowest BCUT2D eigenvalue weighted by molar-refractivity contribution is -0.144. The van der Waals surface area contributed by atoms with Crippen LogP contribution < -0.4 is 14.8 Å². The van der Waals surface area contributed by atoms with Crippen LogP contribution in [0.3, 0.4) is 0 Å². The van der Waals surface area contributed by atoms with Gasteiger partial charge in [-0.15, -0.1) is 0 Å². The van der Waals surface area contributed by atoms with E-state index in [1.807, 2.05) is 6.07 Å². The number of carboxylic acids is 1. The standard InChI is InChI=1S/C20H17ClN2O5/c1-12(20(25)26)28-18-13(5-3-8-17(18)27-2)9-14(11-22)19(24)23-16-7-4-6-15(21)10-16/h3-10,12H,1-2H3,(H,23,24)(H,25,26)/b14-9-/t12-/m0/s1. The van der Waals surface area contributed by atoms with Gasteiger partial charge in [0.05, 0.1) is 7.11 Å². The van der Waals surface area contributed by atoms with Crippen LogP contribution in [0, 0.1) is 11.3 Å². The average Bonchev–Trinajstić information content (AvgIpc) is 2.66. The summed E-state index contributed by atoms with van der Waals surface area (Å²) < 4.78 is 10.7. The Morgan fingerprint density at radius 1 is 1.29 bits per heavy atom. The van der Waals surface area contributed by atoms with Crippen LogP contribution in [-0.4, -0.2) is 30.2 Å². The number of carboxylic acid groups (broad SMARTS) is 1. The molecule has 2 aromatic rings. The first-order valence-electron chi connectivity index (χ1n) is 8.11. The van der Waals surface area contributed by atoms with Crippen molar-refractivity contribution < 1.29 is 24.2 Å². The van der Waals surface area contributed by atoms with Crippen LogP contribution in [0.4, 0.5) is 5.69 Å². The summed E-state index contributed by atoms with van der Waals surface area (Å²) in [6.07, 6.45) is 0.140. The molecule has 1 amide bonds. The van der Waals surface area contributed by atoms with E-state index in [-0.39, 0.29) is 17.1 Å². The minimum Gasteiger partial charge on any atom is -0.493 e. The Balaban J connectivity index is 2.38. The van der Waals surface area contributed by atoms with Gasteiger partial charge in [-0.1, -0.05) is 29.8 Å². The number of rotatable bonds is 7. The molecule has 144 valence electrons. The number of hydrogen-bond donors (Lipinski definition) is 2. The van der Waals surface area contributed by atoms with Gasteiger partial charge < -0.3 is 19.9 Å². The molecule has 0 fully saturated rings. The topological polar surface area (TPSA) is 109 Å². The van der Waals surface area contributed by atoms with E-state index < -0.39 is 18.0 Å². The van der Waals surface area contributed by atoms with E-state index in [0.29, 0.717) is 16.3 Å². The Labute approximate surface area is 166 Å². The molecule has 0 aliphatic carbocycles. The number of nitrogens with zero attached hydrogens (tertiary/aromatic N) is 1. The van der Waals surface area contributed by atoms with E-state index >= 15 is 0 Å². The summed E-state index contributed by atoms with van der Waals surface area (Å²) in [5, 5.41) is 21.5. The predicted molar refractivity (Wildman–Crippen MR) is 104 cm³/mol. The largest absolute Gasteiger partial charge is 0.493 e. The molecule has 1 atom stereocenters. The van der Waals surface area contributed by atoms with Crippen molar-refractivity contribution in [2.24, 2.45) is 0 Å². The summed E-state index contributed by atoms with van der Waals surface area (Å²) in [6.45, 7) is 1.36. The van der Waals surface area contributed by atoms with Crippen molar-refractivity contribution in [1.82, 2.24) is 0 Å². The third-order valence-electron chi connectivity index (χ3n) is 3.62. The highest BCUT2D eigenvalue weighted by Gasteiger charge is 2.19. The lowest BCUT2D eigenvalue weighted by Crippen LogP contribution is -2.23. The summed E-state index contributed by atoms with van der Waals surface area (Å²) >= 11 is 5.89. The van der Waals surface area contributed by atoms with Gasteiger partial charge in [0.25, 0.3) is 5.91 Å². The van der Waals surface area contributed by atoms with E-state index in [2.05, 4.69) is 5.32 Å². The average molecular weight is 401 g/mol. The lowest BCUT2D eigenvalue weighted by Gasteiger charge is -2.16. The number of nitrogens with one attached hydrogen (secondary N) is 1. The number of carbonyl (C=O) groups excluding carboxylic acids is 1. The summed E-state index contributed by atoms with van der Waals surface area (Å²) in [6, 6.07) is 13.1. The SMILES string of the molecule is COc1cccc(/C=C(/C#N)C(=O)Nc2cccc(Cl)c2)c1O[C@@H](C)C(=O)O. The van der Waals surface area contributed by atoms with Gasteiger partial charge in [-0.3, -0.25) is 4.79 Å². The smallest absolute Gasteiger partial charge is 0.344 e. The Bertz CT molecular complexity index is 965. The van der Waals surface area contributed by atoms with Gasteiger partial charge >= 0.3 is 5.97 Å². The highest BCUT2D eigenvalue weighted by molar-refractivity contribution is 6.31. The molecule has 0 saturated carbocycles. The van der Waals surface area contributed by atoms with E-state index in [1.165, 1.54) is 20.1 Å². The first-order chi connectivity index (χ1) is 13.3. The zero-order valence-corrected chi connectivity index (χ0v) is 15.9. The van der Waals surface area contributed by atoms with Gasteiger partial charge in [0, 0.05) is 16.3 Å². The second-order valence-corrected chi connectivity index (χ2v) is 6.05. The van der Waals surface area contributed by atoms with E-state index in [9.17, 15) is 14.9 Å². The molecule has 7 nitrogen and oxygen atoms in total. The first-order valence-corrected chi connectivity index (χ1v) is 8.48. The van der Waals surface area contributed by atoms with Crippen molar-refractivity contribution in [3.8, 4) is 17.6 Å². The third kappa shape index (κ3) is 5.25. The fourth-order valence-electron chi connectivity index (χ4n) is 2.23. The van der Waals surface area contributed by atoms with Crippen molar-refractivity contribution >= 4 is 35.2 Å². The van der Waals surface area contributed by atoms with Crippen molar-refractivity contribution in [2.75, 3.05) is 12.4 Å². The van der Waals surface area contributed by atoms with Crippen molar-refractivity contribution in [1.29, 1.82) is 5.26 Å². The zero-order chi connectivity index (χ0) is 20.7. The Kier molecular flexibility index (Phi) is 7.02. The molecule has 0 radical (unpaired) electrons. The van der Waals surface area contributed by atoms with Crippen LogP contribution >= 0.6 is 11.6 Å². The van der Waals surface area contributed by atoms with Crippen molar-refractivity contribution in [3.05, 3.63) is 58.6 Å². The maximum atomic E-state index is 12.4. The van der Waals surface area contributed by atoms with Crippen molar-refractivity contribution in [3.63, 3.8) is 0 Å². The van der Waals surface area contributed by atoms with Crippen LogP contribution in [0.1, 0.15) is 12.5 Å². The number of carbonyl (C=O) groups is 2. The molecule has 0 bridgehead atoms. The second kappa shape index (κ2) is 9.44. The second-order valence-electron chi connectivity index (χ2n) is 5.61. The maximum Gasteiger partial charge on any atom is 0.344 e. The molecule has 8 heteroatoms. The molecule has 0 aromatic heterocycles. The van der Waals surface area contributed by atoms with Gasteiger partial charge in [0.15, 0.2) is 17.6 Å². The highest BCUT2D eigenvalue weighted by Crippen LogP contribution is 2.33. The normalized spacial score (nSPS) is 11.9. The molecule has 0 saturated heterocycles. The lowest BCUT2D eigenvalue weighted by atomic mass is 10.1. The Morgan fingerprint density at radius 3 is 2.61 bits per heavy atom. The van der Waals surface area contributed by atoms with Gasteiger partial charge in [-0.05, 0) is 37.3 Å². The van der Waals surface area contributed by atoms with Crippen LogP contribution in [-0.2, 0) is 9.59 Å². The molecular formula is C20H17ClN2O5. The fourth-order valence-corrected chi connectivity index (χ4v) is 2.42. The molecular weight excluding hydrogens is 384 g/mol. The van der Waals surface area contributed by atoms with Gasteiger partial charge in [-0.2, -0.15) is 5.26 Å². The minimum atomic E-state index is -1.17. The summed E-state index contributed by atoms with van der Waals surface area (Å²) in [5.74, 6) is -1.43. The van der Waals surface area contributed by atoms with E-state index in [0.717, 1.165) is 0 Å². The molecule has 2 N–H and O–H groups in total. The molecule has 0 aliphatic rings. The van der Waals surface area contributed by atoms with Gasteiger partial charge in [0.1, 0.15) is 11.6 Å². The molecule has 0 spiro atoms. The maximum absolute atomic E-state index is 12.4. The summed E-state index contributed by atoms with van der Waals surface area (Å²) in [4.78, 5) is 23.6. The molecule has 0 heterocycles. The number of hydrogen-bond acceptors (Lipinski definition) is 5. The Morgan fingerprint density at radius 2 is 2.00 bits per heavy atom. The molecule has 2 aromatic carbocycles. The fraction of sp³-hybridized carbons (Fsp3) is 0.150. The summed E-state index contributed by atoms with van der Waals surface area (Å²) in [7, 11) is 1.40. The van der Waals surface area contributed by atoms with Crippen LogP contribution in [0.25, 0.3) is 6.08 Å². The monoisotopic (exact) mass is 400 g/mol. The summed E-state index contributed by atoms with van der Waals surface area (Å²) in [5.41, 5.74) is 0.548. The zero-order valence-electron chi connectivity index (χ0n) is 15.1. The highest BCUT2D eigenvalue weighted by atomic mass is 35.5. The quantitative estimate of drug-likeness (QED) is 0.541. The Hall–Kier alpha value is -3.50. The van der Waals surface area contributed by atoms with Crippen LogP contribution in [0.2, 0.25) is 5.02 Å². The predicted octanol–water partition coefficient (Wildman–Crippen LogP) is 3.75. The minimum absolute atomic E-state index is 0.114. The molecule has 0 unspecified atom stereocenters. The molecule has 28 heavy (non-hydrogen) atoms. The molecule has 2 rings (SSSR count). The number of methoxy groups -OCH3 is 1. The van der Waals surface area contributed by atoms with Crippen LogP contribution in [0.5, 0.6) is 11.5 Å². The third-order valence-corrected chi connectivity index (χ3v) is 3.85. The molecule has 0 aliphatic heterocycles. The van der Waals surface area contributed by atoms with Crippen LogP contribution in [0.15, 0.2) is 48.0 Å². The number of nitriles is 1. The van der Waals surface area contributed by atoms with E-state index in [4.69, 9.17) is 26.2 Å². The van der Waals surface area contributed by atoms with Crippen molar-refractivity contribution in [2.45, 2.75) is 13.0 Å². The number of para-hydroxylation sites is 1. The number of aliphatic carboxylic acids is 1. The van der Waals surface area contributed by atoms with Gasteiger partial charge in [0.2, 0.25) is 0 Å². The number of ether oxygens (including phenoxy) is 2.